The minimum atomic E-state index is -0.347. The van der Waals surface area contributed by atoms with Gasteiger partial charge in [-0.15, -0.1) is 0 Å². The van der Waals surface area contributed by atoms with Crippen LogP contribution in [0.4, 0.5) is 0 Å². The normalized spacial score (nSPS) is 10.6. The highest BCUT2D eigenvalue weighted by molar-refractivity contribution is 5.83. The maximum atomic E-state index is 11.8. The number of aromatic nitrogens is 1. The Morgan fingerprint density at radius 1 is 1.00 bits per heavy atom. The number of carbonyl (C=O) groups excluding carboxylic acids is 2. The molecule has 2 aromatic carbocycles. The zero-order valence-electron chi connectivity index (χ0n) is 14.5. The molecule has 0 spiro atoms. The molecule has 0 bridgehead atoms. The summed E-state index contributed by atoms with van der Waals surface area (Å²) >= 11 is 0. The fraction of sp³-hybridized carbons (Fsp3) is 0.238. The molecule has 5 heteroatoms. The fourth-order valence-corrected chi connectivity index (χ4v) is 2.83. The Morgan fingerprint density at radius 2 is 1.77 bits per heavy atom. The first-order valence-corrected chi connectivity index (χ1v) is 8.73. The predicted octanol–water partition coefficient (Wildman–Crippen LogP) is 3.35. The van der Waals surface area contributed by atoms with E-state index >= 15 is 0 Å². The number of H-pyrrole nitrogens is 1. The van der Waals surface area contributed by atoms with Gasteiger partial charge in [0.15, 0.2) is 6.61 Å². The van der Waals surface area contributed by atoms with E-state index in [0.717, 1.165) is 17.5 Å². The van der Waals surface area contributed by atoms with Gasteiger partial charge in [-0.05, 0) is 30.0 Å². The molecule has 0 aliphatic heterocycles. The number of para-hydroxylation sites is 1. The van der Waals surface area contributed by atoms with Crippen LogP contribution >= 0.6 is 0 Å². The first-order chi connectivity index (χ1) is 12.7. The Kier molecular flexibility index (Phi) is 6.04. The molecular weight excluding hydrogens is 328 g/mol. The first-order valence-electron chi connectivity index (χ1n) is 8.73. The van der Waals surface area contributed by atoms with E-state index in [1.165, 1.54) is 10.9 Å². The van der Waals surface area contributed by atoms with Crippen LogP contribution in [0, 0.1) is 0 Å². The molecule has 0 aliphatic rings. The monoisotopic (exact) mass is 350 g/mol. The lowest BCUT2D eigenvalue weighted by Gasteiger charge is -2.06. The largest absolute Gasteiger partial charge is 0.456 e. The molecule has 1 aromatic heterocycles. The number of aryl methyl sites for hydroxylation is 1. The van der Waals surface area contributed by atoms with Crippen LogP contribution in [0.1, 0.15) is 24.0 Å². The molecule has 5 nitrogen and oxygen atoms in total. The van der Waals surface area contributed by atoms with Crippen LogP contribution in [0.3, 0.4) is 0 Å². The van der Waals surface area contributed by atoms with E-state index in [1.54, 1.807) is 0 Å². The highest BCUT2D eigenvalue weighted by Gasteiger charge is 2.09. The minimum absolute atomic E-state index is 0.237. The molecule has 134 valence electrons. The highest BCUT2D eigenvalue weighted by Crippen LogP contribution is 2.19. The number of aromatic amines is 1. The number of ether oxygens (including phenoxy) is 1. The first kappa shape index (κ1) is 17.7. The molecule has 3 rings (SSSR count). The number of hydrogen-bond acceptors (Lipinski definition) is 3. The van der Waals surface area contributed by atoms with Crippen molar-refractivity contribution in [2.75, 3.05) is 6.61 Å². The van der Waals surface area contributed by atoms with Crippen LogP contribution < -0.4 is 5.32 Å². The maximum Gasteiger partial charge on any atom is 0.306 e. The van der Waals surface area contributed by atoms with Crippen molar-refractivity contribution in [1.29, 1.82) is 0 Å². The second-order valence-electron chi connectivity index (χ2n) is 6.14. The molecule has 0 atom stereocenters. The summed E-state index contributed by atoms with van der Waals surface area (Å²) in [6.45, 7) is 0.191. The fourth-order valence-electron chi connectivity index (χ4n) is 2.83. The van der Waals surface area contributed by atoms with Crippen molar-refractivity contribution < 1.29 is 14.3 Å². The topological polar surface area (TPSA) is 71.2 Å². The van der Waals surface area contributed by atoms with Gasteiger partial charge in [0, 0.05) is 30.1 Å². The third-order valence-electron chi connectivity index (χ3n) is 4.20. The molecule has 1 amide bonds. The van der Waals surface area contributed by atoms with Crippen molar-refractivity contribution in [3.8, 4) is 0 Å². The summed E-state index contributed by atoms with van der Waals surface area (Å²) in [5.74, 6) is -0.640. The van der Waals surface area contributed by atoms with Crippen LogP contribution in [0.25, 0.3) is 10.9 Å². The Labute approximate surface area is 152 Å². The van der Waals surface area contributed by atoms with E-state index in [1.807, 2.05) is 54.7 Å². The molecule has 3 aromatic rings. The summed E-state index contributed by atoms with van der Waals surface area (Å²) in [5, 5.41) is 3.91. The van der Waals surface area contributed by atoms with Crippen LogP contribution in [0.5, 0.6) is 0 Å². The Morgan fingerprint density at radius 3 is 2.62 bits per heavy atom. The number of nitrogens with one attached hydrogen (secondary N) is 2. The van der Waals surface area contributed by atoms with E-state index in [4.69, 9.17) is 4.74 Å². The number of carbonyl (C=O) groups is 2. The smallest absolute Gasteiger partial charge is 0.306 e. The molecule has 0 fully saturated rings. The second kappa shape index (κ2) is 8.85. The van der Waals surface area contributed by atoms with Gasteiger partial charge in [-0.1, -0.05) is 48.5 Å². The Hall–Kier alpha value is -3.08. The Balaban J connectivity index is 1.34. The summed E-state index contributed by atoms with van der Waals surface area (Å²) in [6.07, 6.45) is 3.75. The van der Waals surface area contributed by atoms with Crippen LogP contribution in [0.15, 0.2) is 60.8 Å². The van der Waals surface area contributed by atoms with Crippen molar-refractivity contribution in [1.82, 2.24) is 10.3 Å². The van der Waals surface area contributed by atoms with Gasteiger partial charge >= 0.3 is 5.97 Å². The predicted molar refractivity (Wildman–Crippen MR) is 100 cm³/mol. The van der Waals surface area contributed by atoms with Crippen molar-refractivity contribution >= 4 is 22.8 Å². The Bertz CT molecular complexity index is 871. The lowest BCUT2D eigenvalue weighted by molar-refractivity contribution is -0.148. The molecule has 0 saturated carbocycles. The quantitative estimate of drug-likeness (QED) is 0.612. The van der Waals surface area contributed by atoms with Crippen molar-refractivity contribution in [2.24, 2.45) is 0 Å². The highest BCUT2D eigenvalue weighted by atomic mass is 16.5. The number of benzene rings is 2. The van der Waals surface area contributed by atoms with E-state index < -0.39 is 0 Å². The number of fused-ring (bicyclic) bond motifs is 1. The maximum absolute atomic E-state index is 11.8. The molecule has 0 saturated heterocycles. The SMILES string of the molecule is O=C(COC(=O)CCCc1c[nH]c2ccccc12)NCc1ccccc1. The van der Waals surface area contributed by atoms with E-state index in [2.05, 4.69) is 16.4 Å². The lowest BCUT2D eigenvalue weighted by atomic mass is 10.1. The summed E-state index contributed by atoms with van der Waals surface area (Å²) in [4.78, 5) is 26.8. The molecule has 0 radical (unpaired) electrons. The van der Waals surface area contributed by atoms with Gasteiger partial charge in [-0.2, -0.15) is 0 Å². The molecule has 0 aliphatic carbocycles. The van der Waals surface area contributed by atoms with Gasteiger partial charge in [0.1, 0.15) is 0 Å². The van der Waals surface area contributed by atoms with Crippen LogP contribution in [-0.4, -0.2) is 23.5 Å². The van der Waals surface area contributed by atoms with Crippen LogP contribution in [-0.2, 0) is 27.3 Å². The molecule has 2 N–H and O–H groups in total. The number of esters is 1. The zero-order chi connectivity index (χ0) is 18.2. The second-order valence-corrected chi connectivity index (χ2v) is 6.14. The van der Waals surface area contributed by atoms with Crippen LogP contribution in [0.2, 0.25) is 0 Å². The third kappa shape index (κ3) is 4.96. The summed E-state index contributed by atoms with van der Waals surface area (Å²) in [6, 6.07) is 17.7. The zero-order valence-corrected chi connectivity index (χ0v) is 14.5. The number of rotatable bonds is 8. The van der Waals surface area contributed by atoms with Gasteiger partial charge < -0.3 is 15.0 Å². The van der Waals surface area contributed by atoms with Gasteiger partial charge in [0.05, 0.1) is 0 Å². The standard InChI is InChI=1S/C21H22N2O3/c24-20(23-13-16-7-2-1-3-8-16)15-26-21(25)12-6-9-17-14-22-19-11-5-4-10-18(17)19/h1-5,7-8,10-11,14,22H,6,9,12-13,15H2,(H,23,24). The minimum Gasteiger partial charge on any atom is -0.456 e. The van der Waals surface area contributed by atoms with Crippen molar-refractivity contribution in [3.63, 3.8) is 0 Å². The summed E-state index contributed by atoms with van der Waals surface area (Å²) in [5.41, 5.74) is 3.29. The van der Waals surface area contributed by atoms with Gasteiger partial charge in [0.2, 0.25) is 0 Å². The van der Waals surface area contributed by atoms with Gasteiger partial charge in [-0.25, -0.2) is 0 Å². The number of amides is 1. The van der Waals surface area contributed by atoms with Crippen molar-refractivity contribution in [2.45, 2.75) is 25.8 Å². The molecule has 26 heavy (non-hydrogen) atoms. The van der Waals surface area contributed by atoms with E-state index in [9.17, 15) is 9.59 Å². The third-order valence-corrected chi connectivity index (χ3v) is 4.20. The number of hydrogen-bond donors (Lipinski definition) is 2. The average molecular weight is 350 g/mol. The molecule has 0 unspecified atom stereocenters. The average Bonchev–Trinajstić information content (AvgIpc) is 3.09. The molecule has 1 heterocycles. The summed E-state index contributed by atoms with van der Waals surface area (Å²) < 4.78 is 5.04. The molecular formula is C21H22N2O3. The van der Waals surface area contributed by atoms with Crippen molar-refractivity contribution in [3.05, 3.63) is 71.9 Å². The van der Waals surface area contributed by atoms with Gasteiger partial charge in [0.25, 0.3) is 5.91 Å². The lowest BCUT2D eigenvalue weighted by Crippen LogP contribution is -2.28. The summed E-state index contributed by atoms with van der Waals surface area (Å²) in [7, 11) is 0. The van der Waals surface area contributed by atoms with E-state index in [-0.39, 0.29) is 18.5 Å². The van der Waals surface area contributed by atoms with E-state index in [0.29, 0.717) is 19.4 Å². The van der Waals surface area contributed by atoms with Gasteiger partial charge in [-0.3, -0.25) is 9.59 Å².